The number of ether oxygens (including phenoxy) is 3. The van der Waals surface area contributed by atoms with Gasteiger partial charge in [0.15, 0.2) is 11.5 Å². The van der Waals surface area contributed by atoms with Gasteiger partial charge < -0.3 is 18.6 Å². The van der Waals surface area contributed by atoms with E-state index in [1.165, 1.54) is 12.1 Å². The minimum absolute atomic E-state index is 0.201. The molecule has 0 aliphatic heterocycles. The first kappa shape index (κ1) is 17.5. The Bertz CT molecular complexity index is 989. The average Bonchev–Trinajstić information content (AvgIpc) is 2.65. The van der Waals surface area contributed by atoms with Gasteiger partial charge in [-0.1, -0.05) is 6.07 Å². The van der Waals surface area contributed by atoms with Gasteiger partial charge in [-0.2, -0.15) is 0 Å². The van der Waals surface area contributed by atoms with Crippen LogP contribution >= 0.6 is 0 Å². The molecule has 0 saturated heterocycles. The second-order valence-electron chi connectivity index (χ2n) is 5.62. The first-order chi connectivity index (χ1) is 12.6. The van der Waals surface area contributed by atoms with Gasteiger partial charge in [-0.3, -0.25) is 4.79 Å². The zero-order valence-corrected chi connectivity index (χ0v) is 14.5. The van der Waals surface area contributed by atoms with Gasteiger partial charge in [-0.25, -0.2) is 4.79 Å². The first-order valence-electron chi connectivity index (χ1n) is 8.04. The van der Waals surface area contributed by atoms with Crippen molar-refractivity contribution in [1.29, 1.82) is 0 Å². The number of esters is 1. The van der Waals surface area contributed by atoms with Gasteiger partial charge >= 0.3 is 11.6 Å². The lowest BCUT2D eigenvalue weighted by atomic mass is 10.1. The summed E-state index contributed by atoms with van der Waals surface area (Å²) in [4.78, 5) is 23.4. The summed E-state index contributed by atoms with van der Waals surface area (Å²) >= 11 is 0. The quantitative estimate of drug-likeness (QED) is 0.384. The molecule has 3 rings (SSSR count). The molecule has 0 atom stereocenters. The van der Waals surface area contributed by atoms with Gasteiger partial charge in [-0.15, -0.1) is 0 Å². The van der Waals surface area contributed by atoms with Crippen molar-refractivity contribution in [1.82, 2.24) is 0 Å². The standard InChI is InChI=1S/C20H18O6/c1-23-16-8-3-13(11-18(16)24-2)4-9-19(21)25-15-7-5-14-6-10-20(22)26-17(14)12-15/h3,5-8,10-12H,4,9H2,1-2H3. The molecule has 0 aliphatic carbocycles. The maximum absolute atomic E-state index is 12.1. The number of rotatable bonds is 6. The van der Waals surface area contributed by atoms with Crippen LogP contribution in [-0.2, 0) is 11.2 Å². The highest BCUT2D eigenvalue weighted by Crippen LogP contribution is 2.28. The second-order valence-corrected chi connectivity index (χ2v) is 5.62. The molecule has 0 spiro atoms. The number of fused-ring (bicyclic) bond motifs is 1. The van der Waals surface area contributed by atoms with E-state index < -0.39 is 5.63 Å². The molecule has 1 heterocycles. The topological polar surface area (TPSA) is 75.0 Å². The van der Waals surface area contributed by atoms with Crippen molar-refractivity contribution in [2.45, 2.75) is 12.8 Å². The Labute approximate surface area is 149 Å². The van der Waals surface area contributed by atoms with E-state index in [0.29, 0.717) is 29.3 Å². The van der Waals surface area contributed by atoms with Gasteiger partial charge in [0, 0.05) is 23.9 Å². The highest BCUT2D eigenvalue weighted by atomic mass is 16.5. The van der Waals surface area contributed by atoms with Crippen LogP contribution in [-0.4, -0.2) is 20.2 Å². The fraction of sp³-hybridized carbons (Fsp3) is 0.200. The molecule has 134 valence electrons. The monoisotopic (exact) mass is 354 g/mol. The summed E-state index contributed by atoms with van der Waals surface area (Å²) in [6.07, 6.45) is 0.702. The van der Waals surface area contributed by atoms with Crippen molar-refractivity contribution in [3.05, 3.63) is 64.5 Å². The van der Waals surface area contributed by atoms with Crippen LogP contribution in [0.4, 0.5) is 0 Å². The fourth-order valence-electron chi connectivity index (χ4n) is 2.57. The Balaban J connectivity index is 1.65. The highest BCUT2D eigenvalue weighted by Gasteiger charge is 2.09. The largest absolute Gasteiger partial charge is 0.493 e. The summed E-state index contributed by atoms with van der Waals surface area (Å²) in [6.45, 7) is 0. The zero-order valence-electron chi connectivity index (χ0n) is 14.5. The third-order valence-corrected chi connectivity index (χ3v) is 3.89. The highest BCUT2D eigenvalue weighted by molar-refractivity contribution is 5.79. The van der Waals surface area contributed by atoms with Gasteiger partial charge in [0.1, 0.15) is 11.3 Å². The zero-order chi connectivity index (χ0) is 18.5. The molecule has 0 amide bonds. The number of methoxy groups -OCH3 is 2. The molecule has 1 aromatic heterocycles. The van der Waals surface area contributed by atoms with Crippen LogP contribution in [0.3, 0.4) is 0 Å². The molecular weight excluding hydrogens is 336 g/mol. The van der Waals surface area contributed by atoms with Gasteiger partial charge in [-0.05, 0) is 42.3 Å². The average molecular weight is 354 g/mol. The van der Waals surface area contributed by atoms with E-state index in [0.717, 1.165) is 10.9 Å². The first-order valence-corrected chi connectivity index (χ1v) is 8.04. The number of hydrogen-bond donors (Lipinski definition) is 0. The molecule has 0 N–H and O–H groups in total. The molecule has 0 saturated carbocycles. The van der Waals surface area contributed by atoms with Gasteiger partial charge in [0.2, 0.25) is 0 Å². The number of aryl methyl sites for hydroxylation is 1. The van der Waals surface area contributed by atoms with Crippen LogP contribution in [0, 0.1) is 0 Å². The second kappa shape index (κ2) is 7.74. The van der Waals surface area contributed by atoms with E-state index in [4.69, 9.17) is 18.6 Å². The van der Waals surface area contributed by atoms with Crippen molar-refractivity contribution in [3.8, 4) is 17.2 Å². The lowest BCUT2D eigenvalue weighted by Gasteiger charge is -2.09. The number of carbonyl (C=O) groups excluding carboxylic acids is 1. The van der Waals surface area contributed by atoms with Gasteiger partial charge in [0.05, 0.1) is 14.2 Å². The number of hydrogen-bond acceptors (Lipinski definition) is 6. The predicted octanol–water partition coefficient (Wildman–Crippen LogP) is 3.35. The molecule has 6 nitrogen and oxygen atoms in total. The van der Waals surface area contributed by atoms with E-state index in [9.17, 15) is 9.59 Å². The Morgan fingerprint density at radius 3 is 2.50 bits per heavy atom. The van der Waals surface area contributed by atoms with Crippen molar-refractivity contribution in [3.63, 3.8) is 0 Å². The summed E-state index contributed by atoms with van der Waals surface area (Å²) < 4.78 is 20.9. The molecule has 26 heavy (non-hydrogen) atoms. The molecule has 2 aromatic carbocycles. The van der Waals surface area contributed by atoms with Crippen molar-refractivity contribution in [2.24, 2.45) is 0 Å². The molecule has 6 heteroatoms. The van der Waals surface area contributed by atoms with Crippen LogP contribution in [0.5, 0.6) is 17.2 Å². The lowest BCUT2D eigenvalue weighted by Crippen LogP contribution is -2.09. The van der Waals surface area contributed by atoms with Crippen LogP contribution in [0.15, 0.2) is 57.7 Å². The minimum atomic E-state index is -0.450. The van der Waals surface area contributed by atoms with E-state index >= 15 is 0 Å². The van der Waals surface area contributed by atoms with Crippen LogP contribution < -0.4 is 19.8 Å². The Kier molecular flexibility index (Phi) is 5.22. The third-order valence-electron chi connectivity index (χ3n) is 3.89. The smallest absolute Gasteiger partial charge is 0.336 e. The van der Waals surface area contributed by atoms with Crippen LogP contribution in [0.2, 0.25) is 0 Å². The van der Waals surface area contributed by atoms with E-state index in [1.54, 1.807) is 38.5 Å². The molecule has 3 aromatic rings. The molecular formula is C20H18O6. The Hall–Kier alpha value is -3.28. The normalized spacial score (nSPS) is 10.5. The number of benzene rings is 2. The summed E-state index contributed by atoms with van der Waals surface area (Å²) in [7, 11) is 3.13. The van der Waals surface area contributed by atoms with Gasteiger partial charge in [0.25, 0.3) is 0 Å². The fourth-order valence-corrected chi connectivity index (χ4v) is 2.57. The number of carbonyl (C=O) groups is 1. The van der Waals surface area contributed by atoms with Crippen molar-refractivity contribution in [2.75, 3.05) is 14.2 Å². The van der Waals surface area contributed by atoms with Crippen molar-refractivity contribution >= 4 is 16.9 Å². The summed E-state index contributed by atoms with van der Waals surface area (Å²) in [5.41, 5.74) is 0.862. The summed E-state index contributed by atoms with van der Waals surface area (Å²) in [5, 5.41) is 0.759. The molecule has 0 radical (unpaired) electrons. The molecule has 0 aliphatic rings. The Morgan fingerprint density at radius 1 is 0.962 bits per heavy atom. The summed E-state index contributed by atoms with van der Waals surface area (Å²) in [6, 6.07) is 13.4. The predicted molar refractivity (Wildman–Crippen MR) is 96.0 cm³/mol. The molecule has 0 bridgehead atoms. The van der Waals surface area contributed by atoms with Crippen molar-refractivity contribution < 1.29 is 23.4 Å². The SMILES string of the molecule is COc1ccc(CCC(=O)Oc2ccc3ccc(=O)oc3c2)cc1OC. The molecule has 0 fully saturated rings. The summed E-state index contributed by atoms with van der Waals surface area (Å²) in [5.74, 6) is 1.21. The minimum Gasteiger partial charge on any atom is -0.493 e. The van der Waals surface area contributed by atoms with E-state index in [-0.39, 0.29) is 12.4 Å². The lowest BCUT2D eigenvalue weighted by molar-refractivity contribution is -0.134. The van der Waals surface area contributed by atoms with Crippen LogP contribution in [0.25, 0.3) is 11.0 Å². The molecule has 0 unspecified atom stereocenters. The van der Waals surface area contributed by atoms with E-state index in [2.05, 4.69) is 0 Å². The van der Waals surface area contributed by atoms with E-state index in [1.807, 2.05) is 12.1 Å². The Morgan fingerprint density at radius 2 is 1.73 bits per heavy atom. The maximum Gasteiger partial charge on any atom is 0.336 e. The third kappa shape index (κ3) is 4.03. The van der Waals surface area contributed by atoms with Crippen LogP contribution in [0.1, 0.15) is 12.0 Å². The maximum atomic E-state index is 12.1.